The Bertz CT molecular complexity index is 794. The van der Waals surface area contributed by atoms with Gasteiger partial charge in [-0.15, -0.1) is 11.3 Å². The SMILES string of the molecule is CC.CCCc1cc2c(NC3CCB(C#N)CC3)nc(S(C)=O)nc2s1. The van der Waals surface area contributed by atoms with E-state index in [2.05, 4.69) is 34.2 Å². The van der Waals surface area contributed by atoms with Crippen molar-refractivity contribution in [1.29, 1.82) is 5.26 Å². The number of aromatic nitrogens is 2. The second-order valence-electron chi connectivity index (χ2n) is 6.31. The molecule has 1 aliphatic rings. The molecule has 0 aromatic carbocycles. The summed E-state index contributed by atoms with van der Waals surface area (Å²) in [7, 11) is -1.20. The number of hydrogen-bond acceptors (Lipinski definition) is 6. The number of fused-ring (bicyclic) bond motifs is 1. The molecule has 1 fully saturated rings. The van der Waals surface area contributed by atoms with Crippen LogP contribution in [0.1, 0.15) is 44.9 Å². The standard InChI is InChI=1S/C16H21BN4OS2.C2H6/c1-3-4-12-9-13-14(19-11-5-7-17(10-18)8-6-11)20-16(24(2)22)21-15(13)23-12;1-2/h9,11H,3-8H2,1-2H3,(H,19,20,21);1-2H3. The van der Waals surface area contributed by atoms with Crippen molar-refractivity contribution in [3.8, 4) is 5.97 Å². The molecule has 8 heteroatoms. The monoisotopic (exact) mass is 390 g/mol. The number of rotatable bonds is 5. The number of nitrogens with zero attached hydrogens (tertiary/aromatic N) is 3. The molecule has 3 rings (SSSR count). The minimum Gasteiger partial charge on any atom is -0.367 e. The number of anilines is 1. The molecule has 2 aromatic rings. The van der Waals surface area contributed by atoms with Gasteiger partial charge >= 0.3 is 0 Å². The molecule has 1 aliphatic heterocycles. The highest BCUT2D eigenvalue weighted by Gasteiger charge is 2.25. The Morgan fingerprint density at radius 3 is 2.65 bits per heavy atom. The summed E-state index contributed by atoms with van der Waals surface area (Å²) in [5.41, 5.74) is 0. The van der Waals surface area contributed by atoms with E-state index in [9.17, 15) is 4.21 Å². The summed E-state index contributed by atoms with van der Waals surface area (Å²) in [4.78, 5) is 11.2. The molecule has 0 spiro atoms. The van der Waals surface area contributed by atoms with Crippen molar-refractivity contribution in [3.63, 3.8) is 0 Å². The number of thiophene rings is 1. The third kappa shape index (κ3) is 5.04. The van der Waals surface area contributed by atoms with Gasteiger partial charge in [0, 0.05) is 23.1 Å². The second kappa shape index (κ2) is 10.0. The molecular formula is C18H27BN4OS2. The van der Waals surface area contributed by atoms with Crippen molar-refractivity contribution in [2.75, 3.05) is 11.6 Å². The fourth-order valence-corrected chi connectivity index (χ4v) is 4.75. The predicted octanol–water partition coefficient (Wildman–Crippen LogP) is 4.54. The van der Waals surface area contributed by atoms with Crippen molar-refractivity contribution in [2.45, 2.75) is 70.3 Å². The molecule has 1 saturated heterocycles. The van der Waals surface area contributed by atoms with Crippen LogP contribution in [0, 0.1) is 11.2 Å². The van der Waals surface area contributed by atoms with E-state index in [1.54, 1.807) is 17.6 Å². The molecule has 3 heterocycles. The highest BCUT2D eigenvalue weighted by molar-refractivity contribution is 7.84. The lowest BCUT2D eigenvalue weighted by atomic mass is 9.42. The lowest BCUT2D eigenvalue weighted by Gasteiger charge is -2.25. The lowest BCUT2D eigenvalue weighted by Crippen LogP contribution is -2.29. The van der Waals surface area contributed by atoms with Gasteiger partial charge in [-0.05, 0) is 25.3 Å². The van der Waals surface area contributed by atoms with Gasteiger partial charge in [-0.1, -0.05) is 39.8 Å². The summed E-state index contributed by atoms with van der Waals surface area (Å²) in [6.45, 7) is 6.35. The zero-order valence-electron chi connectivity index (χ0n) is 16.0. The summed E-state index contributed by atoms with van der Waals surface area (Å²) in [6, 6.07) is 2.48. The molecule has 0 amide bonds. The Hall–Kier alpha value is -1.46. The lowest BCUT2D eigenvalue weighted by molar-refractivity contribution is 0.636. The normalized spacial score (nSPS) is 15.9. The Labute approximate surface area is 163 Å². The molecule has 140 valence electrons. The third-order valence-corrected chi connectivity index (χ3v) is 6.21. The van der Waals surface area contributed by atoms with E-state index in [1.807, 2.05) is 13.8 Å². The van der Waals surface area contributed by atoms with E-state index in [1.165, 1.54) is 4.88 Å². The van der Waals surface area contributed by atoms with Gasteiger partial charge in [0.2, 0.25) is 5.16 Å². The van der Waals surface area contributed by atoms with Gasteiger partial charge < -0.3 is 5.32 Å². The fraction of sp³-hybridized carbons (Fsp3) is 0.611. The number of nitrogens with one attached hydrogen (secondary N) is 1. The first-order chi connectivity index (χ1) is 12.6. The zero-order valence-corrected chi connectivity index (χ0v) is 17.7. The third-order valence-electron chi connectivity index (χ3n) is 4.43. The first-order valence-corrected chi connectivity index (χ1v) is 11.8. The average molecular weight is 390 g/mol. The van der Waals surface area contributed by atoms with Crippen LogP contribution in [0.5, 0.6) is 0 Å². The maximum Gasteiger partial charge on any atom is 0.268 e. The molecule has 0 saturated carbocycles. The van der Waals surface area contributed by atoms with Crippen LogP contribution in [0.4, 0.5) is 5.82 Å². The van der Waals surface area contributed by atoms with E-state index < -0.39 is 10.8 Å². The van der Waals surface area contributed by atoms with Crippen LogP contribution in [0.15, 0.2) is 11.2 Å². The topological polar surface area (TPSA) is 78.7 Å². The van der Waals surface area contributed by atoms with Crippen molar-refractivity contribution < 1.29 is 4.21 Å². The summed E-state index contributed by atoms with van der Waals surface area (Å²) in [5, 5.41) is 14.0. The summed E-state index contributed by atoms with van der Waals surface area (Å²) < 4.78 is 11.9. The van der Waals surface area contributed by atoms with Gasteiger partial charge in [-0.3, -0.25) is 4.21 Å². The molecule has 5 nitrogen and oxygen atoms in total. The van der Waals surface area contributed by atoms with Gasteiger partial charge in [-0.25, -0.2) is 15.2 Å². The summed E-state index contributed by atoms with van der Waals surface area (Å²) in [6.07, 6.45) is 7.54. The van der Waals surface area contributed by atoms with Crippen LogP contribution < -0.4 is 5.32 Å². The van der Waals surface area contributed by atoms with Crippen LogP contribution in [0.25, 0.3) is 10.2 Å². The Morgan fingerprint density at radius 1 is 1.38 bits per heavy atom. The highest BCUT2D eigenvalue weighted by atomic mass is 32.2. The van der Waals surface area contributed by atoms with E-state index in [0.717, 1.165) is 54.4 Å². The molecule has 0 radical (unpaired) electrons. The summed E-state index contributed by atoms with van der Waals surface area (Å²) in [5.74, 6) is 3.16. The van der Waals surface area contributed by atoms with Gasteiger partial charge in [0.1, 0.15) is 10.6 Å². The van der Waals surface area contributed by atoms with Gasteiger partial charge in [0.05, 0.1) is 16.2 Å². The minimum absolute atomic E-state index is 0.185. The van der Waals surface area contributed by atoms with Crippen molar-refractivity contribution in [3.05, 3.63) is 10.9 Å². The van der Waals surface area contributed by atoms with Crippen molar-refractivity contribution in [1.82, 2.24) is 9.97 Å². The predicted molar refractivity (Wildman–Crippen MR) is 113 cm³/mol. The Balaban J connectivity index is 0.00000117. The number of hydrogen-bond donors (Lipinski definition) is 1. The van der Waals surface area contributed by atoms with Crippen molar-refractivity contribution in [2.24, 2.45) is 0 Å². The molecule has 0 aliphatic carbocycles. The molecule has 2 aromatic heterocycles. The molecule has 1 N–H and O–H groups in total. The van der Waals surface area contributed by atoms with Crippen LogP contribution >= 0.6 is 11.3 Å². The quantitative estimate of drug-likeness (QED) is 0.599. The maximum atomic E-state index is 11.9. The highest BCUT2D eigenvalue weighted by Crippen LogP contribution is 2.32. The van der Waals surface area contributed by atoms with Crippen LogP contribution in [-0.2, 0) is 17.2 Å². The first kappa shape index (κ1) is 20.9. The molecule has 0 bridgehead atoms. The van der Waals surface area contributed by atoms with E-state index in [4.69, 9.17) is 5.26 Å². The largest absolute Gasteiger partial charge is 0.367 e. The van der Waals surface area contributed by atoms with E-state index in [0.29, 0.717) is 11.2 Å². The Kier molecular flexibility index (Phi) is 8.04. The van der Waals surface area contributed by atoms with Gasteiger partial charge in [0.15, 0.2) is 0 Å². The second-order valence-corrected chi connectivity index (χ2v) is 8.70. The average Bonchev–Trinajstić information content (AvgIpc) is 3.07. The molecule has 1 unspecified atom stereocenters. The molecule has 1 atom stereocenters. The number of nitriles is 1. The van der Waals surface area contributed by atoms with Crippen LogP contribution in [0.2, 0.25) is 12.6 Å². The first-order valence-electron chi connectivity index (χ1n) is 9.40. The molecule has 26 heavy (non-hydrogen) atoms. The van der Waals surface area contributed by atoms with E-state index >= 15 is 0 Å². The van der Waals surface area contributed by atoms with Gasteiger partial charge in [0.25, 0.3) is 6.71 Å². The zero-order chi connectivity index (χ0) is 19.1. The van der Waals surface area contributed by atoms with Crippen molar-refractivity contribution >= 4 is 44.9 Å². The van der Waals surface area contributed by atoms with E-state index in [-0.39, 0.29) is 6.71 Å². The Morgan fingerprint density at radius 2 is 2.08 bits per heavy atom. The van der Waals surface area contributed by atoms with Crippen LogP contribution in [0.3, 0.4) is 0 Å². The maximum absolute atomic E-state index is 11.9. The minimum atomic E-state index is -1.20. The van der Waals surface area contributed by atoms with Crippen LogP contribution in [-0.4, -0.2) is 33.2 Å². The number of aryl methyl sites for hydroxylation is 1. The molecular weight excluding hydrogens is 363 g/mol. The summed E-state index contributed by atoms with van der Waals surface area (Å²) >= 11 is 1.67. The smallest absolute Gasteiger partial charge is 0.268 e. The van der Waals surface area contributed by atoms with Gasteiger partial charge in [-0.2, -0.15) is 0 Å². The fourth-order valence-electron chi connectivity index (χ4n) is 3.12.